The first kappa shape index (κ1) is 23.4. The van der Waals surface area contributed by atoms with Gasteiger partial charge in [-0.05, 0) is 37.1 Å². The zero-order valence-electron chi connectivity index (χ0n) is 19.3. The first-order valence-electron chi connectivity index (χ1n) is 11.1. The summed E-state index contributed by atoms with van der Waals surface area (Å²) >= 11 is 0. The first-order valence-corrected chi connectivity index (χ1v) is 11.1. The third-order valence-electron chi connectivity index (χ3n) is 5.58. The maximum absolute atomic E-state index is 12.6. The van der Waals surface area contributed by atoms with Crippen LogP contribution in [0.2, 0.25) is 0 Å². The zero-order chi connectivity index (χ0) is 22.8. The number of rotatable bonds is 8. The van der Waals surface area contributed by atoms with Crippen LogP contribution in [0.4, 0.5) is 5.82 Å². The number of methoxy groups -OCH3 is 1. The SMILES string of the molecule is CN=C(NCCC(=O)N1CCN(c2ccccn2)CC1)NCCc1cc(C)ccc1OC. The van der Waals surface area contributed by atoms with Crippen LogP contribution < -0.4 is 20.3 Å². The van der Waals surface area contributed by atoms with Gasteiger partial charge in [0, 0.05) is 58.9 Å². The van der Waals surface area contributed by atoms with E-state index in [2.05, 4.69) is 38.5 Å². The Kier molecular flexibility index (Phi) is 8.71. The Morgan fingerprint density at radius 2 is 1.91 bits per heavy atom. The second-order valence-corrected chi connectivity index (χ2v) is 7.80. The van der Waals surface area contributed by atoms with Gasteiger partial charge in [-0.2, -0.15) is 0 Å². The molecule has 1 saturated heterocycles. The molecule has 8 nitrogen and oxygen atoms in total. The van der Waals surface area contributed by atoms with E-state index < -0.39 is 0 Å². The summed E-state index contributed by atoms with van der Waals surface area (Å²) < 4.78 is 5.44. The molecule has 0 bridgehead atoms. The molecule has 0 spiro atoms. The summed E-state index contributed by atoms with van der Waals surface area (Å²) in [4.78, 5) is 25.4. The van der Waals surface area contributed by atoms with E-state index in [4.69, 9.17) is 4.74 Å². The van der Waals surface area contributed by atoms with Crippen LogP contribution >= 0.6 is 0 Å². The molecule has 3 rings (SSSR count). The highest BCUT2D eigenvalue weighted by Gasteiger charge is 2.21. The molecular formula is C24H34N6O2. The van der Waals surface area contributed by atoms with E-state index in [1.807, 2.05) is 35.2 Å². The second kappa shape index (κ2) is 11.9. The minimum Gasteiger partial charge on any atom is -0.496 e. The molecule has 0 unspecified atom stereocenters. The monoisotopic (exact) mass is 438 g/mol. The molecule has 0 saturated carbocycles. The van der Waals surface area contributed by atoms with E-state index in [9.17, 15) is 4.79 Å². The smallest absolute Gasteiger partial charge is 0.224 e. The summed E-state index contributed by atoms with van der Waals surface area (Å²) in [5, 5.41) is 6.55. The van der Waals surface area contributed by atoms with Crippen molar-refractivity contribution >= 4 is 17.7 Å². The number of carbonyl (C=O) groups excluding carboxylic acids is 1. The number of aliphatic imine (C=N–C) groups is 1. The van der Waals surface area contributed by atoms with Gasteiger partial charge in [-0.1, -0.05) is 23.8 Å². The lowest BCUT2D eigenvalue weighted by Gasteiger charge is -2.35. The lowest BCUT2D eigenvalue weighted by molar-refractivity contribution is -0.131. The van der Waals surface area contributed by atoms with Gasteiger partial charge in [0.2, 0.25) is 5.91 Å². The number of anilines is 1. The molecule has 0 aliphatic carbocycles. The molecule has 2 heterocycles. The van der Waals surface area contributed by atoms with Crippen molar-refractivity contribution in [1.82, 2.24) is 20.5 Å². The minimum absolute atomic E-state index is 0.165. The van der Waals surface area contributed by atoms with Gasteiger partial charge in [0.15, 0.2) is 5.96 Å². The first-order chi connectivity index (χ1) is 15.6. The molecule has 1 aromatic heterocycles. The fraction of sp³-hybridized carbons (Fsp3) is 0.458. The number of nitrogens with one attached hydrogen (secondary N) is 2. The van der Waals surface area contributed by atoms with Gasteiger partial charge < -0.3 is 25.2 Å². The molecule has 1 aliphatic heterocycles. The van der Waals surface area contributed by atoms with E-state index in [1.165, 1.54) is 5.56 Å². The highest BCUT2D eigenvalue weighted by Crippen LogP contribution is 2.19. The quantitative estimate of drug-likeness (QED) is 0.484. The number of hydrogen-bond donors (Lipinski definition) is 2. The Morgan fingerprint density at radius 3 is 2.59 bits per heavy atom. The molecule has 2 N–H and O–H groups in total. The molecule has 1 fully saturated rings. The minimum atomic E-state index is 0.165. The number of ether oxygens (including phenoxy) is 1. The summed E-state index contributed by atoms with van der Waals surface area (Å²) in [5.74, 6) is 2.73. The molecule has 0 radical (unpaired) electrons. The van der Waals surface area contributed by atoms with Crippen molar-refractivity contribution in [2.24, 2.45) is 4.99 Å². The number of amides is 1. The fourth-order valence-electron chi connectivity index (χ4n) is 3.81. The van der Waals surface area contributed by atoms with Crippen LogP contribution in [0.3, 0.4) is 0 Å². The van der Waals surface area contributed by atoms with E-state index in [0.29, 0.717) is 18.9 Å². The number of aromatic nitrogens is 1. The van der Waals surface area contributed by atoms with Gasteiger partial charge in [-0.15, -0.1) is 0 Å². The van der Waals surface area contributed by atoms with E-state index in [1.54, 1.807) is 20.4 Å². The van der Waals surface area contributed by atoms with Crippen LogP contribution in [0, 0.1) is 6.92 Å². The topological polar surface area (TPSA) is 82.1 Å². The van der Waals surface area contributed by atoms with E-state index in [0.717, 1.165) is 56.3 Å². The lowest BCUT2D eigenvalue weighted by atomic mass is 10.1. The number of carbonyl (C=O) groups is 1. The van der Waals surface area contributed by atoms with Crippen molar-refractivity contribution in [1.29, 1.82) is 0 Å². The normalized spacial score (nSPS) is 14.3. The van der Waals surface area contributed by atoms with Crippen LogP contribution in [0.25, 0.3) is 0 Å². The number of nitrogens with zero attached hydrogens (tertiary/aromatic N) is 4. The molecular weight excluding hydrogens is 404 g/mol. The van der Waals surface area contributed by atoms with Gasteiger partial charge in [0.1, 0.15) is 11.6 Å². The van der Waals surface area contributed by atoms with Gasteiger partial charge in [0.25, 0.3) is 0 Å². The average Bonchev–Trinajstić information content (AvgIpc) is 2.83. The maximum atomic E-state index is 12.6. The molecule has 1 aliphatic rings. The van der Waals surface area contributed by atoms with Crippen molar-refractivity contribution < 1.29 is 9.53 Å². The summed E-state index contributed by atoms with van der Waals surface area (Å²) in [7, 11) is 3.43. The Balaban J connectivity index is 1.36. The largest absolute Gasteiger partial charge is 0.496 e. The van der Waals surface area contributed by atoms with Crippen LogP contribution in [0.1, 0.15) is 17.5 Å². The Hall–Kier alpha value is -3.29. The van der Waals surface area contributed by atoms with Crippen molar-refractivity contribution in [3.05, 3.63) is 53.7 Å². The third kappa shape index (κ3) is 6.60. The highest BCUT2D eigenvalue weighted by atomic mass is 16.5. The number of benzene rings is 1. The predicted octanol–water partition coefficient (Wildman–Crippen LogP) is 1.85. The van der Waals surface area contributed by atoms with Crippen LogP contribution in [-0.4, -0.2) is 75.2 Å². The van der Waals surface area contributed by atoms with Crippen molar-refractivity contribution in [3.8, 4) is 5.75 Å². The number of pyridine rings is 1. The molecule has 32 heavy (non-hydrogen) atoms. The van der Waals surface area contributed by atoms with Gasteiger partial charge in [-0.25, -0.2) is 4.98 Å². The summed E-state index contributed by atoms with van der Waals surface area (Å²) in [6.07, 6.45) is 3.07. The zero-order valence-corrected chi connectivity index (χ0v) is 19.3. The Bertz CT molecular complexity index is 895. The average molecular weight is 439 g/mol. The Morgan fingerprint density at radius 1 is 1.12 bits per heavy atom. The Labute approximate surface area is 190 Å². The van der Waals surface area contributed by atoms with Crippen molar-refractivity contribution in [3.63, 3.8) is 0 Å². The van der Waals surface area contributed by atoms with Crippen molar-refractivity contribution in [2.45, 2.75) is 19.8 Å². The molecule has 8 heteroatoms. The fourth-order valence-corrected chi connectivity index (χ4v) is 3.81. The molecule has 0 atom stereocenters. The highest BCUT2D eigenvalue weighted by molar-refractivity contribution is 5.81. The molecule has 2 aromatic rings. The summed E-state index contributed by atoms with van der Waals surface area (Å²) in [6, 6.07) is 12.1. The van der Waals surface area contributed by atoms with Gasteiger partial charge in [0.05, 0.1) is 7.11 Å². The van der Waals surface area contributed by atoms with Crippen LogP contribution in [0.5, 0.6) is 5.75 Å². The van der Waals surface area contributed by atoms with Crippen molar-refractivity contribution in [2.75, 3.05) is 58.3 Å². The van der Waals surface area contributed by atoms with Gasteiger partial charge in [-0.3, -0.25) is 9.79 Å². The third-order valence-corrected chi connectivity index (χ3v) is 5.58. The van der Waals surface area contributed by atoms with Gasteiger partial charge >= 0.3 is 0 Å². The number of hydrogen-bond acceptors (Lipinski definition) is 5. The van der Waals surface area contributed by atoms with Crippen LogP contribution in [0.15, 0.2) is 47.6 Å². The summed E-state index contributed by atoms with van der Waals surface area (Å²) in [6.45, 7) is 6.41. The van der Waals surface area contributed by atoms with E-state index >= 15 is 0 Å². The molecule has 172 valence electrons. The predicted molar refractivity (Wildman–Crippen MR) is 128 cm³/mol. The lowest BCUT2D eigenvalue weighted by Crippen LogP contribution is -2.49. The molecule has 1 aromatic carbocycles. The number of piperazine rings is 1. The second-order valence-electron chi connectivity index (χ2n) is 7.80. The standard InChI is InChI=1S/C24H34N6O2/c1-19-7-8-21(32-3)20(18-19)9-12-27-24(25-2)28-13-10-23(31)30-16-14-29(15-17-30)22-6-4-5-11-26-22/h4-8,11,18H,9-10,12-17H2,1-3H3,(H2,25,27,28). The number of aryl methyl sites for hydroxylation is 1. The number of guanidine groups is 1. The summed E-state index contributed by atoms with van der Waals surface area (Å²) in [5.41, 5.74) is 2.37. The van der Waals surface area contributed by atoms with E-state index in [-0.39, 0.29) is 5.91 Å². The van der Waals surface area contributed by atoms with Crippen LogP contribution in [-0.2, 0) is 11.2 Å². The maximum Gasteiger partial charge on any atom is 0.224 e. The molecule has 1 amide bonds.